The second-order valence-corrected chi connectivity index (χ2v) is 7.02. The zero-order valence-electron chi connectivity index (χ0n) is 15.7. The Morgan fingerprint density at radius 2 is 1.29 bits per heavy atom. The molecule has 0 saturated heterocycles. The molecule has 2 nitrogen and oxygen atoms in total. The largest absolute Gasteiger partial charge is 0.309 e. The van der Waals surface area contributed by atoms with Crippen molar-refractivity contribution in [2.75, 3.05) is 4.90 Å². The molecule has 0 spiro atoms. The van der Waals surface area contributed by atoms with E-state index in [1.54, 1.807) is 0 Å². The predicted octanol–water partition coefficient (Wildman–Crippen LogP) is 7.17. The van der Waals surface area contributed by atoms with Crippen LogP contribution in [-0.2, 0) is 0 Å². The molecule has 0 aliphatic carbocycles. The van der Waals surface area contributed by atoms with Crippen LogP contribution in [-0.4, -0.2) is 4.98 Å². The van der Waals surface area contributed by atoms with E-state index in [-0.39, 0.29) is 0 Å². The summed E-state index contributed by atoms with van der Waals surface area (Å²) in [6.07, 6.45) is 1.85. The number of fused-ring (bicyclic) bond motifs is 2. The van der Waals surface area contributed by atoms with Gasteiger partial charge in [0.1, 0.15) is 0 Å². The van der Waals surface area contributed by atoms with Crippen molar-refractivity contribution in [3.05, 3.63) is 109 Å². The van der Waals surface area contributed by atoms with E-state index < -0.39 is 0 Å². The van der Waals surface area contributed by atoms with E-state index in [0.717, 1.165) is 22.3 Å². The quantitative estimate of drug-likeness (QED) is 0.339. The second kappa shape index (κ2) is 6.82. The first kappa shape index (κ1) is 16.5. The van der Waals surface area contributed by atoms with Crippen LogP contribution in [0.2, 0.25) is 0 Å². The van der Waals surface area contributed by atoms with Gasteiger partial charge < -0.3 is 4.90 Å². The first-order chi connectivity index (χ1) is 13.8. The van der Waals surface area contributed by atoms with Gasteiger partial charge in [0.05, 0.1) is 16.9 Å². The molecule has 0 aliphatic rings. The SMILES string of the molecule is Cc1ccc(N(c2cccc3ccccc23)c2cccc3ncccc23)cc1. The molecule has 0 bridgehead atoms. The number of nitrogens with zero attached hydrogens (tertiary/aromatic N) is 2. The Morgan fingerprint density at radius 3 is 2.14 bits per heavy atom. The molecule has 2 heteroatoms. The van der Waals surface area contributed by atoms with Crippen LogP contribution in [0.3, 0.4) is 0 Å². The summed E-state index contributed by atoms with van der Waals surface area (Å²) in [5, 5.41) is 3.60. The average molecular weight is 360 g/mol. The first-order valence-electron chi connectivity index (χ1n) is 9.49. The molecule has 134 valence electrons. The molecule has 0 amide bonds. The van der Waals surface area contributed by atoms with E-state index in [2.05, 4.69) is 108 Å². The topological polar surface area (TPSA) is 16.1 Å². The first-order valence-corrected chi connectivity index (χ1v) is 9.49. The number of aryl methyl sites for hydroxylation is 1. The summed E-state index contributed by atoms with van der Waals surface area (Å²) in [7, 11) is 0. The Balaban J connectivity index is 1.84. The molecule has 0 N–H and O–H groups in total. The van der Waals surface area contributed by atoms with Crippen molar-refractivity contribution in [3.63, 3.8) is 0 Å². The van der Waals surface area contributed by atoms with Crippen LogP contribution in [0.5, 0.6) is 0 Å². The number of rotatable bonds is 3. The smallest absolute Gasteiger partial charge is 0.0723 e. The predicted molar refractivity (Wildman–Crippen MR) is 119 cm³/mol. The maximum Gasteiger partial charge on any atom is 0.0723 e. The highest BCUT2D eigenvalue weighted by atomic mass is 15.1. The molecule has 0 unspecified atom stereocenters. The summed E-state index contributed by atoms with van der Waals surface area (Å²) in [5.74, 6) is 0. The van der Waals surface area contributed by atoms with Gasteiger partial charge in [-0.2, -0.15) is 0 Å². The third kappa shape index (κ3) is 2.80. The highest BCUT2D eigenvalue weighted by Gasteiger charge is 2.17. The molecule has 0 radical (unpaired) electrons. The molecule has 0 atom stereocenters. The van der Waals surface area contributed by atoms with Gasteiger partial charge in [0.25, 0.3) is 0 Å². The number of aromatic nitrogens is 1. The van der Waals surface area contributed by atoms with E-state index in [1.807, 2.05) is 12.3 Å². The van der Waals surface area contributed by atoms with Crippen molar-refractivity contribution in [1.29, 1.82) is 0 Å². The lowest BCUT2D eigenvalue weighted by atomic mass is 10.0. The maximum atomic E-state index is 4.56. The van der Waals surface area contributed by atoms with E-state index in [1.165, 1.54) is 22.0 Å². The van der Waals surface area contributed by atoms with Crippen molar-refractivity contribution >= 4 is 38.7 Å². The fraction of sp³-hybridized carbons (Fsp3) is 0.0385. The Labute approximate surface area is 164 Å². The monoisotopic (exact) mass is 360 g/mol. The molecular weight excluding hydrogens is 340 g/mol. The van der Waals surface area contributed by atoms with E-state index >= 15 is 0 Å². The van der Waals surface area contributed by atoms with Gasteiger partial charge in [-0.15, -0.1) is 0 Å². The van der Waals surface area contributed by atoms with E-state index in [9.17, 15) is 0 Å². The highest BCUT2D eigenvalue weighted by molar-refractivity contribution is 6.03. The molecular formula is C26H20N2. The van der Waals surface area contributed by atoms with Gasteiger partial charge in [0.15, 0.2) is 0 Å². The molecule has 0 fully saturated rings. The van der Waals surface area contributed by atoms with Crippen LogP contribution in [0.15, 0.2) is 103 Å². The molecule has 5 aromatic rings. The Hall–Kier alpha value is -3.65. The second-order valence-electron chi connectivity index (χ2n) is 7.02. The van der Waals surface area contributed by atoms with Gasteiger partial charge in [0.2, 0.25) is 0 Å². The summed E-state index contributed by atoms with van der Waals surface area (Å²) in [4.78, 5) is 6.90. The van der Waals surface area contributed by atoms with Crippen LogP contribution < -0.4 is 4.90 Å². The van der Waals surface area contributed by atoms with Crippen molar-refractivity contribution in [1.82, 2.24) is 4.98 Å². The Bertz CT molecular complexity index is 1180. The summed E-state index contributed by atoms with van der Waals surface area (Å²) in [6, 6.07) is 34.2. The fourth-order valence-electron chi connectivity index (χ4n) is 3.79. The Kier molecular flexibility index (Phi) is 4.02. The van der Waals surface area contributed by atoms with Crippen LogP contribution in [0.1, 0.15) is 5.56 Å². The number of benzene rings is 4. The van der Waals surface area contributed by atoms with E-state index in [0.29, 0.717) is 0 Å². The van der Waals surface area contributed by atoms with Crippen molar-refractivity contribution < 1.29 is 0 Å². The van der Waals surface area contributed by atoms with Crippen molar-refractivity contribution in [2.24, 2.45) is 0 Å². The van der Waals surface area contributed by atoms with Crippen molar-refractivity contribution in [2.45, 2.75) is 6.92 Å². The summed E-state index contributed by atoms with van der Waals surface area (Å²) < 4.78 is 0. The maximum absolute atomic E-state index is 4.56. The van der Waals surface area contributed by atoms with Gasteiger partial charge in [-0.3, -0.25) is 4.98 Å². The molecule has 0 saturated carbocycles. The minimum atomic E-state index is 0.998. The lowest BCUT2D eigenvalue weighted by Crippen LogP contribution is -2.11. The van der Waals surface area contributed by atoms with Crippen molar-refractivity contribution in [3.8, 4) is 0 Å². The molecule has 0 aliphatic heterocycles. The zero-order valence-corrected chi connectivity index (χ0v) is 15.7. The van der Waals surface area contributed by atoms with Gasteiger partial charge >= 0.3 is 0 Å². The number of pyridine rings is 1. The molecule has 5 rings (SSSR count). The molecule has 1 aromatic heterocycles. The summed E-state index contributed by atoms with van der Waals surface area (Å²) in [5.41, 5.74) is 5.68. The fourth-order valence-corrected chi connectivity index (χ4v) is 3.79. The lowest BCUT2D eigenvalue weighted by Gasteiger charge is -2.28. The molecule has 1 heterocycles. The average Bonchev–Trinajstić information content (AvgIpc) is 2.75. The van der Waals surface area contributed by atoms with Crippen LogP contribution in [0.25, 0.3) is 21.7 Å². The highest BCUT2D eigenvalue weighted by Crippen LogP contribution is 2.41. The third-order valence-corrected chi connectivity index (χ3v) is 5.16. The normalized spacial score (nSPS) is 11.0. The Morgan fingerprint density at radius 1 is 0.607 bits per heavy atom. The van der Waals surface area contributed by atoms with Crippen LogP contribution in [0, 0.1) is 6.92 Å². The van der Waals surface area contributed by atoms with Gasteiger partial charge in [0, 0.05) is 22.7 Å². The summed E-state index contributed by atoms with van der Waals surface area (Å²) in [6.45, 7) is 2.12. The van der Waals surface area contributed by atoms with Gasteiger partial charge in [-0.25, -0.2) is 0 Å². The molecule has 28 heavy (non-hydrogen) atoms. The number of anilines is 3. The zero-order chi connectivity index (χ0) is 18.9. The van der Waals surface area contributed by atoms with Gasteiger partial charge in [-0.05, 0) is 54.8 Å². The lowest BCUT2D eigenvalue weighted by molar-refractivity contribution is 1.29. The third-order valence-electron chi connectivity index (χ3n) is 5.16. The van der Waals surface area contributed by atoms with Crippen LogP contribution in [0.4, 0.5) is 17.1 Å². The molecule has 4 aromatic carbocycles. The standard InChI is InChI=1S/C26H20N2/c1-19-14-16-21(17-15-19)28(25-12-4-8-20-7-2-3-9-22(20)25)26-13-5-11-24-23(26)10-6-18-27-24/h2-18H,1H3. The number of hydrogen-bond donors (Lipinski definition) is 0. The van der Waals surface area contributed by atoms with Crippen LogP contribution >= 0.6 is 0 Å². The number of hydrogen-bond acceptors (Lipinski definition) is 2. The summed E-state index contributed by atoms with van der Waals surface area (Å²) >= 11 is 0. The van der Waals surface area contributed by atoms with Gasteiger partial charge in [-0.1, -0.05) is 60.2 Å². The minimum absolute atomic E-state index is 0.998. The van der Waals surface area contributed by atoms with E-state index in [4.69, 9.17) is 0 Å². The minimum Gasteiger partial charge on any atom is -0.309 e.